The monoisotopic (exact) mass is 517 g/mol. The Kier molecular flexibility index (Phi) is 11.0. The van der Waals surface area contributed by atoms with E-state index in [1.807, 2.05) is 49.4 Å². The standard InChI is InChI=1S/C27H33Cl2N3O3/c1-2-25(33)20-10-11-24-22(19-20)27(21-7-3-4-8-23(21)31-24)30-14-6-5-9-26(34)35-18-17-32(15-12-28)16-13-29/h3-4,7-8,10-11,19H,2,5-6,9,12-18H2,1H3,(H,30,31). The van der Waals surface area contributed by atoms with Crippen LogP contribution in [0.1, 0.15) is 43.0 Å². The smallest absolute Gasteiger partial charge is 0.305 e. The molecule has 1 N–H and O–H groups in total. The van der Waals surface area contributed by atoms with E-state index in [4.69, 9.17) is 32.9 Å². The molecule has 0 amide bonds. The highest BCUT2D eigenvalue weighted by Crippen LogP contribution is 2.31. The minimum absolute atomic E-state index is 0.109. The highest BCUT2D eigenvalue weighted by Gasteiger charge is 2.12. The molecule has 0 radical (unpaired) electrons. The number of fused-ring (bicyclic) bond motifs is 2. The largest absolute Gasteiger partial charge is 0.464 e. The minimum atomic E-state index is -0.191. The molecule has 0 fully saturated rings. The van der Waals surface area contributed by atoms with Crippen LogP contribution >= 0.6 is 23.2 Å². The highest BCUT2D eigenvalue weighted by atomic mass is 35.5. The lowest BCUT2D eigenvalue weighted by molar-refractivity contribution is -0.144. The number of anilines is 1. The third kappa shape index (κ3) is 7.79. The van der Waals surface area contributed by atoms with E-state index in [1.165, 1.54) is 0 Å². The Hall–Kier alpha value is -2.41. The van der Waals surface area contributed by atoms with Crippen molar-refractivity contribution < 1.29 is 14.3 Å². The number of ketones is 1. The Labute approximate surface area is 216 Å². The summed E-state index contributed by atoms with van der Waals surface area (Å²) in [6, 6.07) is 13.7. The summed E-state index contributed by atoms with van der Waals surface area (Å²) in [4.78, 5) is 31.2. The SMILES string of the molecule is CCC(=O)c1ccc2nc3ccccc3c(NCCCCC(=O)OCCN(CCCl)CCCl)c2c1. The molecule has 8 heteroatoms. The molecule has 0 aliphatic heterocycles. The Balaban J connectivity index is 1.56. The zero-order valence-electron chi connectivity index (χ0n) is 20.2. The van der Waals surface area contributed by atoms with Gasteiger partial charge >= 0.3 is 5.97 Å². The fraction of sp³-hybridized carbons (Fsp3) is 0.444. The van der Waals surface area contributed by atoms with Gasteiger partial charge < -0.3 is 10.1 Å². The minimum Gasteiger partial charge on any atom is -0.464 e. The van der Waals surface area contributed by atoms with Gasteiger partial charge in [-0.1, -0.05) is 25.1 Å². The number of esters is 1. The van der Waals surface area contributed by atoms with Gasteiger partial charge in [0.05, 0.1) is 16.7 Å². The number of para-hydroxylation sites is 1. The second-order valence-corrected chi connectivity index (χ2v) is 9.09. The van der Waals surface area contributed by atoms with Crippen LogP contribution in [-0.2, 0) is 9.53 Å². The first-order valence-electron chi connectivity index (χ1n) is 12.2. The molecule has 0 saturated heterocycles. The van der Waals surface area contributed by atoms with E-state index in [-0.39, 0.29) is 11.8 Å². The van der Waals surface area contributed by atoms with Gasteiger partial charge in [0, 0.05) is 67.1 Å². The van der Waals surface area contributed by atoms with Crippen molar-refractivity contribution in [2.24, 2.45) is 0 Å². The van der Waals surface area contributed by atoms with Crippen LogP contribution in [-0.4, -0.2) is 66.2 Å². The fourth-order valence-corrected chi connectivity index (χ4v) is 4.48. The van der Waals surface area contributed by atoms with Crippen LogP contribution in [0.5, 0.6) is 0 Å². The highest BCUT2D eigenvalue weighted by molar-refractivity contribution is 6.18. The van der Waals surface area contributed by atoms with Gasteiger partial charge in [0.1, 0.15) is 6.61 Å². The van der Waals surface area contributed by atoms with Gasteiger partial charge in [-0.3, -0.25) is 14.5 Å². The number of hydrogen-bond donors (Lipinski definition) is 1. The van der Waals surface area contributed by atoms with Crippen LogP contribution in [0.3, 0.4) is 0 Å². The van der Waals surface area contributed by atoms with Crippen molar-refractivity contribution in [3.05, 3.63) is 48.0 Å². The molecule has 188 valence electrons. The number of unbranched alkanes of at least 4 members (excludes halogenated alkanes) is 1. The average molecular weight is 518 g/mol. The zero-order valence-corrected chi connectivity index (χ0v) is 21.7. The summed E-state index contributed by atoms with van der Waals surface area (Å²) < 4.78 is 5.36. The third-order valence-corrected chi connectivity index (χ3v) is 6.24. The molecule has 0 saturated carbocycles. The van der Waals surface area contributed by atoms with Crippen molar-refractivity contribution in [1.29, 1.82) is 0 Å². The molecule has 6 nitrogen and oxygen atoms in total. The second-order valence-electron chi connectivity index (χ2n) is 8.34. The predicted molar refractivity (Wildman–Crippen MR) is 145 cm³/mol. The molecule has 0 spiro atoms. The van der Waals surface area contributed by atoms with Crippen LogP contribution in [0.25, 0.3) is 21.8 Å². The molecule has 3 aromatic rings. The first-order valence-corrected chi connectivity index (χ1v) is 13.2. The molecule has 35 heavy (non-hydrogen) atoms. The van der Waals surface area contributed by atoms with Gasteiger partial charge in [-0.2, -0.15) is 0 Å². The Morgan fingerprint density at radius 2 is 1.71 bits per heavy atom. The lowest BCUT2D eigenvalue weighted by atomic mass is 10.0. The average Bonchev–Trinajstić information content (AvgIpc) is 2.87. The summed E-state index contributed by atoms with van der Waals surface area (Å²) in [5.74, 6) is 0.967. The fourth-order valence-electron chi connectivity index (χ4n) is 4.00. The quantitative estimate of drug-likeness (QED) is 0.0890. The number of alkyl halides is 2. The summed E-state index contributed by atoms with van der Waals surface area (Å²) in [5.41, 5.74) is 3.41. The lowest BCUT2D eigenvalue weighted by Crippen LogP contribution is -2.31. The van der Waals surface area contributed by atoms with E-state index >= 15 is 0 Å². The number of carbonyl (C=O) groups is 2. The number of nitrogens with one attached hydrogen (secondary N) is 1. The third-order valence-electron chi connectivity index (χ3n) is 5.90. The first kappa shape index (κ1) is 27.2. The number of carbonyl (C=O) groups excluding carboxylic acids is 2. The molecule has 0 atom stereocenters. The van der Waals surface area contributed by atoms with Gasteiger partial charge in [0.2, 0.25) is 0 Å². The summed E-state index contributed by atoms with van der Waals surface area (Å²) in [5, 5.41) is 5.48. The lowest BCUT2D eigenvalue weighted by Gasteiger charge is -2.19. The van der Waals surface area contributed by atoms with E-state index in [0.29, 0.717) is 49.9 Å². The van der Waals surface area contributed by atoms with Gasteiger partial charge in [-0.15, -0.1) is 23.2 Å². The van der Waals surface area contributed by atoms with Crippen molar-refractivity contribution >= 4 is 62.4 Å². The van der Waals surface area contributed by atoms with Crippen molar-refractivity contribution in [1.82, 2.24) is 9.88 Å². The Morgan fingerprint density at radius 1 is 0.971 bits per heavy atom. The maximum absolute atomic E-state index is 12.3. The Morgan fingerprint density at radius 3 is 2.46 bits per heavy atom. The normalized spacial score (nSPS) is 11.3. The first-order chi connectivity index (χ1) is 17.1. The van der Waals surface area contributed by atoms with Crippen LogP contribution in [0.4, 0.5) is 5.69 Å². The molecule has 1 heterocycles. The van der Waals surface area contributed by atoms with Crippen molar-refractivity contribution in [2.45, 2.75) is 32.6 Å². The maximum atomic E-state index is 12.3. The van der Waals surface area contributed by atoms with Gasteiger partial charge in [-0.05, 0) is 37.1 Å². The van der Waals surface area contributed by atoms with E-state index in [2.05, 4.69) is 10.2 Å². The van der Waals surface area contributed by atoms with Crippen LogP contribution < -0.4 is 5.32 Å². The van der Waals surface area contributed by atoms with E-state index in [0.717, 1.165) is 53.4 Å². The zero-order chi connectivity index (χ0) is 25.0. The number of nitrogens with zero attached hydrogens (tertiary/aromatic N) is 2. The predicted octanol–water partition coefficient (Wildman–Crippen LogP) is 5.89. The molecule has 0 aliphatic carbocycles. The second kappa shape index (κ2) is 14.2. The molecule has 2 aromatic carbocycles. The van der Waals surface area contributed by atoms with Crippen molar-refractivity contribution in [3.63, 3.8) is 0 Å². The summed E-state index contributed by atoms with van der Waals surface area (Å²) in [7, 11) is 0. The van der Waals surface area contributed by atoms with E-state index in [1.54, 1.807) is 0 Å². The number of pyridine rings is 1. The number of ether oxygens (including phenoxy) is 1. The summed E-state index contributed by atoms with van der Waals surface area (Å²) >= 11 is 11.6. The summed E-state index contributed by atoms with van der Waals surface area (Å²) in [6.07, 6.45) is 2.37. The van der Waals surface area contributed by atoms with E-state index in [9.17, 15) is 9.59 Å². The van der Waals surface area contributed by atoms with Crippen LogP contribution in [0, 0.1) is 0 Å². The van der Waals surface area contributed by atoms with Crippen LogP contribution in [0.2, 0.25) is 0 Å². The number of benzene rings is 2. The molecular formula is C27H33Cl2N3O3. The van der Waals surface area contributed by atoms with Crippen LogP contribution in [0.15, 0.2) is 42.5 Å². The number of aromatic nitrogens is 1. The molecular weight excluding hydrogens is 485 g/mol. The van der Waals surface area contributed by atoms with Crippen molar-refractivity contribution in [3.8, 4) is 0 Å². The number of halogens is 2. The maximum Gasteiger partial charge on any atom is 0.305 e. The molecule has 0 aliphatic rings. The Bertz CT molecular complexity index is 1130. The molecule has 0 bridgehead atoms. The summed E-state index contributed by atoms with van der Waals surface area (Å²) in [6.45, 7) is 5.00. The van der Waals surface area contributed by atoms with Crippen molar-refractivity contribution in [2.75, 3.05) is 49.9 Å². The molecule has 0 unspecified atom stereocenters. The number of hydrogen-bond acceptors (Lipinski definition) is 6. The topological polar surface area (TPSA) is 71.5 Å². The molecule has 1 aromatic heterocycles. The van der Waals surface area contributed by atoms with Gasteiger partial charge in [-0.25, -0.2) is 4.98 Å². The number of Topliss-reactive ketones (excluding diaryl/α,β-unsaturated/α-hetero) is 1. The van der Waals surface area contributed by atoms with Gasteiger partial charge in [0.25, 0.3) is 0 Å². The molecule has 3 rings (SSSR count). The van der Waals surface area contributed by atoms with Gasteiger partial charge in [0.15, 0.2) is 5.78 Å². The van der Waals surface area contributed by atoms with E-state index < -0.39 is 0 Å². The number of rotatable bonds is 15.